The average molecular weight is 359 g/mol. The number of carbonyl (C=O) groups is 1. The molecule has 1 N–H and O–H groups in total. The molecule has 1 unspecified atom stereocenters. The maximum absolute atomic E-state index is 12.4. The number of nitrogens with one attached hydrogen (secondary N) is 1. The van der Waals surface area contributed by atoms with Gasteiger partial charge in [0.15, 0.2) is 11.5 Å². The van der Waals surface area contributed by atoms with Crippen molar-refractivity contribution in [2.45, 2.75) is 33.7 Å². The normalized spacial score (nSPS) is 12.0. The van der Waals surface area contributed by atoms with Crippen molar-refractivity contribution < 1.29 is 14.3 Å². The summed E-state index contributed by atoms with van der Waals surface area (Å²) < 4.78 is 13.0. The van der Waals surface area contributed by atoms with Crippen molar-refractivity contribution in [3.05, 3.63) is 42.2 Å². The van der Waals surface area contributed by atoms with Crippen molar-refractivity contribution in [3.63, 3.8) is 0 Å². The second kappa shape index (κ2) is 9.85. The summed E-state index contributed by atoms with van der Waals surface area (Å²) in [5.74, 6) is 1.97. The molecule has 0 radical (unpaired) electrons. The van der Waals surface area contributed by atoms with E-state index in [4.69, 9.17) is 9.47 Å². The molecule has 142 valence electrons. The third-order valence-corrected chi connectivity index (χ3v) is 4.05. The number of hydrogen-bond donors (Lipinski definition) is 1. The summed E-state index contributed by atoms with van der Waals surface area (Å²) in [7, 11) is 1.58. The Balaban J connectivity index is 1.89. The quantitative estimate of drug-likeness (QED) is 0.706. The summed E-state index contributed by atoms with van der Waals surface area (Å²) >= 11 is 0. The Kier molecular flexibility index (Phi) is 7.51. The van der Waals surface area contributed by atoms with Crippen molar-refractivity contribution in [3.8, 4) is 11.5 Å². The fourth-order valence-electron chi connectivity index (χ4n) is 2.49. The van der Waals surface area contributed by atoms with Gasteiger partial charge in [0.05, 0.1) is 13.7 Å². The first-order valence-corrected chi connectivity index (χ1v) is 9.06. The van der Waals surface area contributed by atoms with Gasteiger partial charge in [0, 0.05) is 31.0 Å². The van der Waals surface area contributed by atoms with E-state index in [0.29, 0.717) is 36.1 Å². The first-order valence-electron chi connectivity index (χ1n) is 9.06. The number of rotatable bonds is 10. The molecule has 0 aliphatic rings. The zero-order chi connectivity index (χ0) is 18.9. The van der Waals surface area contributed by atoms with E-state index in [1.54, 1.807) is 31.5 Å². The van der Waals surface area contributed by atoms with Gasteiger partial charge in [-0.15, -0.1) is 0 Å². The minimum absolute atomic E-state index is 0.121. The maximum atomic E-state index is 12.4. The summed E-state index contributed by atoms with van der Waals surface area (Å²) in [5, 5.41) is 7.15. The highest BCUT2D eigenvalue weighted by Crippen LogP contribution is 2.28. The smallest absolute Gasteiger partial charge is 0.251 e. The molecule has 0 spiro atoms. The van der Waals surface area contributed by atoms with Crippen molar-refractivity contribution in [1.82, 2.24) is 15.1 Å². The Morgan fingerprint density at radius 3 is 2.73 bits per heavy atom. The van der Waals surface area contributed by atoms with E-state index in [2.05, 4.69) is 31.2 Å². The van der Waals surface area contributed by atoms with Crippen molar-refractivity contribution >= 4 is 5.91 Å². The summed E-state index contributed by atoms with van der Waals surface area (Å²) in [5.41, 5.74) is 0.560. The molecule has 26 heavy (non-hydrogen) atoms. The lowest BCUT2D eigenvalue weighted by molar-refractivity contribution is 0.0946. The summed E-state index contributed by atoms with van der Waals surface area (Å²) in [6, 6.07) is 7.17. The predicted octanol–water partition coefficient (Wildman–Crippen LogP) is 3.38. The van der Waals surface area contributed by atoms with Crippen LogP contribution in [-0.4, -0.2) is 35.9 Å². The molecule has 2 rings (SSSR count). The molecule has 1 aromatic heterocycles. The molecular weight excluding hydrogens is 330 g/mol. The molecular formula is C20H29N3O3. The molecule has 6 heteroatoms. The van der Waals surface area contributed by atoms with Gasteiger partial charge >= 0.3 is 0 Å². The topological polar surface area (TPSA) is 65.4 Å². The van der Waals surface area contributed by atoms with Crippen LogP contribution in [-0.2, 0) is 6.54 Å². The molecule has 0 aliphatic heterocycles. The largest absolute Gasteiger partial charge is 0.493 e. The summed E-state index contributed by atoms with van der Waals surface area (Å²) in [4.78, 5) is 12.4. The molecule has 1 heterocycles. The minimum Gasteiger partial charge on any atom is -0.493 e. The van der Waals surface area contributed by atoms with Gasteiger partial charge < -0.3 is 14.8 Å². The van der Waals surface area contributed by atoms with E-state index in [-0.39, 0.29) is 11.8 Å². The first-order chi connectivity index (χ1) is 12.5. The van der Waals surface area contributed by atoms with E-state index < -0.39 is 0 Å². The molecule has 1 aromatic carbocycles. The fourth-order valence-corrected chi connectivity index (χ4v) is 2.49. The number of hydrogen-bond acceptors (Lipinski definition) is 4. The number of methoxy groups -OCH3 is 1. The molecule has 2 aromatic rings. The van der Waals surface area contributed by atoms with Gasteiger partial charge in [-0.3, -0.25) is 9.48 Å². The van der Waals surface area contributed by atoms with Crippen molar-refractivity contribution in [2.75, 3.05) is 20.3 Å². The molecule has 0 saturated heterocycles. The Hall–Kier alpha value is -2.50. The van der Waals surface area contributed by atoms with E-state index in [1.807, 2.05) is 16.9 Å². The van der Waals surface area contributed by atoms with Gasteiger partial charge in [-0.05, 0) is 42.5 Å². The zero-order valence-electron chi connectivity index (χ0n) is 16.1. The number of carbonyl (C=O) groups excluding carboxylic acids is 1. The lowest BCUT2D eigenvalue weighted by atomic mass is 10.1. The van der Waals surface area contributed by atoms with Crippen LogP contribution >= 0.6 is 0 Å². The second-order valence-electron chi connectivity index (χ2n) is 6.94. The zero-order valence-corrected chi connectivity index (χ0v) is 16.1. The van der Waals surface area contributed by atoms with Crippen LogP contribution < -0.4 is 14.8 Å². The number of nitrogens with zero attached hydrogens (tertiary/aromatic N) is 2. The van der Waals surface area contributed by atoms with Crippen LogP contribution in [0, 0.1) is 11.8 Å². The fraction of sp³-hybridized carbons (Fsp3) is 0.500. The Labute approximate surface area is 155 Å². The van der Waals surface area contributed by atoms with Gasteiger partial charge in [0.2, 0.25) is 0 Å². The van der Waals surface area contributed by atoms with Gasteiger partial charge in [-0.2, -0.15) is 5.10 Å². The van der Waals surface area contributed by atoms with Crippen LogP contribution in [0.1, 0.15) is 37.6 Å². The monoisotopic (exact) mass is 359 g/mol. The highest BCUT2D eigenvalue weighted by molar-refractivity contribution is 5.94. The van der Waals surface area contributed by atoms with Crippen LogP contribution in [0.3, 0.4) is 0 Å². The van der Waals surface area contributed by atoms with Gasteiger partial charge in [-0.1, -0.05) is 20.8 Å². The number of ether oxygens (including phenoxy) is 2. The van der Waals surface area contributed by atoms with Gasteiger partial charge in [0.1, 0.15) is 0 Å². The Morgan fingerprint density at radius 2 is 2.08 bits per heavy atom. The molecule has 0 bridgehead atoms. The van der Waals surface area contributed by atoms with Crippen LogP contribution in [0.25, 0.3) is 0 Å². The average Bonchev–Trinajstić information content (AvgIpc) is 3.12. The summed E-state index contributed by atoms with van der Waals surface area (Å²) in [6.07, 6.45) is 4.64. The number of amides is 1. The molecule has 0 saturated carbocycles. The third kappa shape index (κ3) is 6.10. The van der Waals surface area contributed by atoms with Crippen molar-refractivity contribution in [2.24, 2.45) is 11.8 Å². The Bertz CT molecular complexity index is 684. The minimum atomic E-state index is -0.121. The summed E-state index contributed by atoms with van der Waals surface area (Å²) in [6.45, 7) is 8.36. The van der Waals surface area contributed by atoms with E-state index in [0.717, 1.165) is 13.0 Å². The molecule has 1 atom stereocenters. The highest BCUT2D eigenvalue weighted by atomic mass is 16.5. The van der Waals surface area contributed by atoms with Crippen molar-refractivity contribution in [1.29, 1.82) is 0 Å². The van der Waals surface area contributed by atoms with Crippen LogP contribution in [0.4, 0.5) is 0 Å². The van der Waals surface area contributed by atoms with Gasteiger partial charge in [-0.25, -0.2) is 0 Å². The second-order valence-corrected chi connectivity index (χ2v) is 6.94. The van der Waals surface area contributed by atoms with Gasteiger partial charge in [0.25, 0.3) is 5.91 Å². The molecule has 1 amide bonds. The number of benzene rings is 1. The lowest BCUT2D eigenvalue weighted by Gasteiger charge is -2.15. The van der Waals surface area contributed by atoms with Crippen LogP contribution in [0.2, 0.25) is 0 Å². The van der Waals surface area contributed by atoms with E-state index in [1.165, 1.54) is 0 Å². The third-order valence-electron chi connectivity index (χ3n) is 4.05. The molecule has 0 aliphatic carbocycles. The highest BCUT2D eigenvalue weighted by Gasteiger charge is 2.13. The van der Waals surface area contributed by atoms with Crippen LogP contribution in [0.5, 0.6) is 11.5 Å². The SMILES string of the molecule is COc1cc(C(=O)NCC(C)Cn2cccn2)ccc1OCCC(C)C. The van der Waals surface area contributed by atoms with Crippen LogP contribution in [0.15, 0.2) is 36.7 Å². The first kappa shape index (κ1) is 19.8. The number of aromatic nitrogens is 2. The Morgan fingerprint density at radius 1 is 1.27 bits per heavy atom. The lowest BCUT2D eigenvalue weighted by Crippen LogP contribution is -2.30. The predicted molar refractivity (Wildman–Crippen MR) is 102 cm³/mol. The maximum Gasteiger partial charge on any atom is 0.251 e. The van der Waals surface area contributed by atoms with E-state index >= 15 is 0 Å². The molecule has 6 nitrogen and oxygen atoms in total. The van der Waals surface area contributed by atoms with E-state index in [9.17, 15) is 4.79 Å². The molecule has 0 fully saturated rings. The standard InChI is InChI=1S/C20H29N3O3/c1-15(2)8-11-26-18-7-6-17(12-19(18)25-4)20(24)21-13-16(3)14-23-10-5-9-22-23/h5-7,9-10,12,15-16H,8,11,13-14H2,1-4H3,(H,21,24).